The summed E-state index contributed by atoms with van der Waals surface area (Å²) >= 11 is 1.53. The van der Waals surface area contributed by atoms with Crippen molar-refractivity contribution in [3.05, 3.63) is 0 Å². The van der Waals surface area contributed by atoms with Crippen molar-refractivity contribution in [3.63, 3.8) is 0 Å². The first-order valence-electron chi connectivity index (χ1n) is 5.33. The van der Waals surface area contributed by atoms with E-state index in [0.29, 0.717) is 25.9 Å². The van der Waals surface area contributed by atoms with Gasteiger partial charge in [0.25, 0.3) is 0 Å². The van der Waals surface area contributed by atoms with Gasteiger partial charge in [-0.25, -0.2) is 12.7 Å². The van der Waals surface area contributed by atoms with Gasteiger partial charge in [0.2, 0.25) is 10.0 Å². The van der Waals surface area contributed by atoms with Crippen molar-refractivity contribution in [2.24, 2.45) is 0 Å². The van der Waals surface area contributed by atoms with Crippen LogP contribution in [0.1, 0.15) is 26.7 Å². The summed E-state index contributed by atoms with van der Waals surface area (Å²) < 4.78 is 24.9. The van der Waals surface area contributed by atoms with Gasteiger partial charge in [-0.1, -0.05) is 0 Å². The number of thioether (sulfide) groups is 1. The lowest BCUT2D eigenvalue weighted by atomic mass is 9.99. The molecule has 0 aromatic heterocycles. The second-order valence-electron chi connectivity index (χ2n) is 4.30. The Labute approximate surface area is 102 Å². The Morgan fingerprint density at radius 3 is 2.19 bits per heavy atom. The first kappa shape index (κ1) is 13.8. The summed E-state index contributed by atoms with van der Waals surface area (Å²) in [4.78, 5) is 0. The molecule has 0 bridgehead atoms. The van der Waals surface area contributed by atoms with Crippen LogP contribution in [0.2, 0.25) is 0 Å². The highest BCUT2D eigenvalue weighted by atomic mass is 32.2. The minimum Gasteiger partial charge on any atom is -0.212 e. The van der Waals surface area contributed by atoms with Crippen LogP contribution in [-0.4, -0.2) is 42.1 Å². The average molecular weight is 262 g/mol. The van der Waals surface area contributed by atoms with Crippen molar-refractivity contribution in [1.82, 2.24) is 4.31 Å². The van der Waals surface area contributed by atoms with Crippen LogP contribution in [0.25, 0.3) is 0 Å². The molecule has 0 aromatic carbocycles. The first-order chi connectivity index (χ1) is 7.38. The molecule has 1 rings (SSSR count). The number of rotatable bonds is 3. The summed E-state index contributed by atoms with van der Waals surface area (Å²) in [5.41, 5.74) is 0. The molecule has 0 N–H and O–H groups in total. The van der Waals surface area contributed by atoms with Gasteiger partial charge in [0.15, 0.2) is 0 Å². The molecule has 0 atom stereocenters. The van der Waals surface area contributed by atoms with Crippen molar-refractivity contribution in [2.75, 3.05) is 19.3 Å². The van der Waals surface area contributed by atoms with E-state index >= 15 is 0 Å². The Kier molecular flexibility index (Phi) is 4.27. The normalized spacial score (nSPS) is 21.9. The Morgan fingerprint density at radius 2 is 1.88 bits per heavy atom. The summed E-state index contributed by atoms with van der Waals surface area (Å²) in [6.07, 6.45) is 3.16. The van der Waals surface area contributed by atoms with Gasteiger partial charge in [-0.3, -0.25) is 0 Å². The van der Waals surface area contributed by atoms with E-state index in [1.54, 1.807) is 13.8 Å². The lowest BCUT2D eigenvalue weighted by molar-refractivity contribution is 0.325. The van der Waals surface area contributed by atoms with E-state index in [9.17, 15) is 8.42 Å². The van der Waals surface area contributed by atoms with Crippen LogP contribution in [-0.2, 0) is 10.0 Å². The molecule has 1 fully saturated rings. The predicted octanol–water partition coefficient (Wildman–Crippen LogP) is 1.45. The van der Waals surface area contributed by atoms with Crippen LogP contribution < -0.4 is 0 Å². The quantitative estimate of drug-likeness (QED) is 0.772. The molecular weight excluding hydrogens is 244 g/mol. The number of hydrogen-bond acceptors (Lipinski definition) is 4. The SMILES string of the molecule is CSC1(C#N)CCN(S(=O)(=O)C(C)C)CC1. The highest BCUT2D eigenvalue weighted by Crippen LogP contribution is 2.34. The maximum absolute atomic E-state index is 11.9. The lowest BCUT2D eigenvalue weighted by Gasteiger charge is -2.36. The van der Waals surface area contributed by atoms with Crippen LogP contribution in [0.3, 0.4) is 0 Å². The summed E-state index contributed by atoms with van der Waals surface area (Å²) in [5, 5.41) is 8.72. The molecule has 0 spiro atoms. The number of hydrogen-bond donors (Lipinski definition) is 0. The standard InChI is InChI=1S/C10H18N2O2S2/c1-9(2)16(13,14)12-6-4-10(8-11,15-3)5-7-12/h9H,4-7H2,1-3H3. The molecule has 0 saturated carbocycles. The topological polar surface area (TPSA) is 61.2 Å². The summed E-state index contributed by atoms with van der Waals surface area (Å²) in [7, 11) is -3.15. The lowest BCUT2D eigenvalue weighted by Crippen LogP contribution is -2.46. The highest BCUT2D eigenvalue weighted by Gasteiger charge is 2.38. The van der Waals surface area contributed by atoms with Gasteiger partial charge in [0.05, 0.1) is 11.3 Å². The molecule has 6 heteroatoms. The summed E-state index contributed by atoms with van der Waals surface area (Å²) in [6.45, 7) is 4.32. The smallest absolute Gasteiger partial charge is 0.212 e. The third-order valence-corrected chi connectivity index (χ3v) is 6.64. The fourth-order valence-corrected chi connectivity index (χ4v) is 3.73. The van der Waals surface area contributed by atoms with Crippen molar-refractivity contribution >= 4 is 21.8 Å². The van der Waals surface area contributed by atoms with E-state index in [1.165, 1.54) is 16.1 Å². The fraction of sp³-hybridized carbons (Fsp3) is 0.900. The van der Waals surface area contributed by atoms with Crippen LogP contribution in [0.5, 0.6) is 0 Å². The molecule has 1 heterocycles. The molecule has 0 unspecified atom stereocenters. The minimum atomic E-state index is -3.15. The second kappa shape index (κ2) is 4.94. The van der Waals surface area contributed by atoms with Gasteiger partial charge in [-0.15, -0.1) is 11.8 Å². The zero-order chi connectivity index (χ0) is 12.4. The Hall–Kier alpha value is -0.250. The number of piperidine rings is 1. The van der Waals surface area contributed by atoms with Crippen molar-refractivity contribution < 1.29 is 8.42 Å². The molecule has 0 aliphatic carbocycles. The third-order valence-electron chi connectivity index (χ3n) is 3.08. The van der Waals surface area contributed by atoms with Gasteiger partial charge in [-0.2, -0.15) is 5.26 Å². The molecule has 1 saturated heterocycles. The number of sulfonamides is 1. The zero-order valence-electron chi connectivity index (χ0n) is 9.93. The number of nitriles is 1. The van der Waals surface area contributed by atoms with Gasteiger partial charge in [0.1, 0.15) is 4.75 Å². The number of nitrogens with zero attached hydrogens (tertiary/aromatic N) is 2. The van der Waals surface area contributed by atoms with Crippen LogP contribution in [0.15, 0.2) is 0 Å². The molecule has 4 nitrogen and oxygen atoms in total. The van der Waals surface area contributed by atoms with Gasteiger partial charge in [-0.05, 0) is 32.9 Å². The van der Waals surface area contributed by atoms with E-state index in [4.69, 9.17) is 5.26 Å². The maximum atomic E-state index is 11.9. The summed E-state index contributed by atoms with van der Waals surface area (Å²) in [6, 6.07) is 2.31. The highest BCUT2D eigenvalue weighted by molar-refractivity contribution is 8.00. The first-order valence-corrected chi connectivity index (χ1v) is 8.06. The molecule has 1 aliphatic rings. The monoisotopic (exact) mass is 262 g/mol. The average Bonchev–Trinajstić information content (AvgIpc) is 2.29. The Bertz CT molecular complexity index is 376. The van der Waals surface area contributed by atoms with Crippen LogP contribution in [0, 0.1) is 11.3 Å². The van der Waals surface area contributed by atoms with Gasteiger partial charge >= 0.3 is 0 Å². The zero-order valence-corrected chi connectivity index (χ0v) is 11.6. The Balaban J connectivity index is 2.74. The van der Waals surface area contributed by atoms with Crippen LogP contribution >= 0.6 is 11.8 Å². The van der Waals surface area contributed by atoms with E-state index < -0.39 is 10.0 Å². The second-order valence-corrected chi connectivity index (χ2v) is 7.98. The van der Waals surface area contributed by atoms with Crippen molar-refractivity contribution in [2.45, 2.75) is 36.7 Å². The van der Waals surface area contributed by atoms with Crippen LogP contribution in [0.4, 0.5) is 0 Å². The molecule has 16 heavy (non-hydrogen) atoms. The molecule has 92 valence electrons. The molecule has 0 amide bonds. The largest absolute Gasteiger partial charge is 0.216 e. The van der Waals surface area contributed by atoms with Crippen molar-refractivity contribution in [3.8, 4) is 6.07 Å². The van der Waals surface area contributed by atoms with E-state index in [0.717, 1.165) is 0 Å². The molecule has 0 radical (unpaired) electrons. The third kappa shape index (κ3) is 2.53. The molecular formula is C10H18N2O2S2. The van der Waals surface area contributed by atoms with E-state index in [1.807, 2.05) is 6.26 Å². The van der Waals surface area contributed by atoms with Gasteiger partial charge < -0.3 is 0 Å². The summed E-state index contributed by atoms with van der Waals surface area (Å²) in [5.74, 6) is 0. The molecule has 1 aliphatic heterocycles. The maximum Gasteiger partial charge on any atom is 0.216 e. The minimum absolute atomic E-state index is 0.378. The fourth-order valence-electron chi connectivity index (χ4n) is 1.76. The van der Waals surface area contributed by atoms with E-state index in [-0.39, 0.29) is 10.00 Å². The Morgan fingerprint density at radius 1 is 1.38 bits per heavy atom. The van der Waals surface area contributed by atoms with Crippen molar-refractivity contribution in [1.29, 1.82) is 5.26 Å². The van der Waals surface area contributed by atoms with Gasteiger partial charge in [0, 0.05) is 13.1 Å². The molecule has 0 aromatic rings. The predicted molar refractivity (Wildman–Crippen MR) is 66.7 cm³/mol. The van der Waals surface area contributed by atoms with E-state index in [2.05, 4.69) is 6.07 Å².